The lowest BCUT2D eigenvalue weighted by Gasteiger charge is -2.34. The molecule has 1 aliphatic rings. The molecule has 0 bridgehead atoms. The van der Waals surface area contributed by atoms with Crippen molar-refractivity contribution in [1.29, 1.82) is 0 Å². The SMILES string of the molecule is CC(C)[n+]1cc(-c2ccccc2)n([C@@H]2CCCC[C@H]2NP(c2ccccc2)c2ccccc2)c1.[Br-]. The molecule has 1 fully saturated rings. The highest BCUT2D eigenvalue weighted by Crippen LogP contribution is 2.38. The first-order valence-corrected chi connectivity index (χ1v) is 13.9. The van der Waals surface area contributed by atoms with Crippen LogP contribution in [0.3, 0.4) is 0 Å². The molecule has 4 aromatic rings. The maximum Gasteiger partial charge on any atom is 0.244 e. The summed E-state index contributed by atoms with van der Waals surface area (Å²) in [5.41, 5.74) is 2.61. The van der Waals surface area contributed by atoms with E-state index in [1.54, 1.807) is 0 Å². The van der Waals surface area contributed by atoms with Gasteiger partial charge in [-0.1, -0.05) is 97.4 Å². The Bertz CT molecular complexity index is 1140. The first-order chi connectivity index (χ1) is 16.7. The van der Waals surface area contributed by atoms with Crippen molar-refractivity contribution < 1.29 is 21.5 Å². The average Bonchev–Trinajstić information content (AvgIpc) is 3.35. The van der Waals surface area contributed by atoms with Gasteiger partial charge in [0.1, 0.15) is 12.2 Å². The van der Waals surface area contributed by atoms with E-state index >= 15 is 0 Å². The second-order valence-corrected chi connectivity index (χ2v) is 11.5. The Kier molecular flexibility index (Phi) is 8.94. The number of imidazole rings is 1. The van der Waals surface area contributed by atoms with Gasteiger partial charge in [-0.2, -0.15) is 0 Å². The predicted octanol–water partition coefficient (Wildman–Crippen LogP) is 3.15. The van der Waals surface area contributed by atoms with Gasteiger partial charge in [-0.05, 0) is 43.7 Å². The van der Waals surface area contributed by atoms with Gasteiger partial charge >= 0.3 is 0 Å². The highest BCUT2D eigenvalue weighted by atomic mass is 79.9. The summed E-state index contributed by atoms with van der Waals surface area (Å²) < 4.78 is 4.93. The predicted molar refractivity (Wildman–Crippen MR) is 144 cm³/mol. The Labute approximate surface area is 221 Å². The third-order valence-corrected chi connectivity index (χ3v) is 9.10. The molecule has 0 spiro atoms. The lowest BCUT2D eigenvalue weighted by Crippen LogP contribution is -3.00. The lowest BCUT2D eigenvalue weighted by atomic mass is 9.90. The van der Waals surface area contributed by atoms with Crippen LogP contribution in [0.4, 0.5) is 0 Å². The van der Waals surface area contributed by atoms with E-state index in [1.807, 2.05) is 0 Å². The van der Waals surface area contributed by atoms with Crippen molar-refractivity contribution in [2.24, 2.45) is 0 Å². The number of halogens is 1. The molecule has 1 aromatic heterocycles. The zero-order valence-corrected chi connectivity index (χ0v) is 23.1. The second-order valence-electron chi connectivity index (χ2n) is 9.54. The van der Waals surface area contributed by atoms with Crippen LogP contribution in [0.25, 0.3) is 11.3 Å². The van der Waals surface area contributed by atoms with E-state index < -0.39 is 8.07 Å². The summed E-state index contributed by atoms with van der Waals surface area (Å²) in [5, 5.41) is 6.97. The fourth-order valence-electron chi connectivity index (χ4n) is 5.04. The first kappa shape index (κ1) is 25.8. The van der Waals surface area contributed by atoms with Crippen LogP contribution < -0.4 is 37.2 Å². The van der Waals surface area contributed by atoms with E-state index in [1.165, 1.54) is 47.5 Å². The highest BCUT2D eigenvalue weighted by molar-refractivity contribution is 7.71. The molecular weight excluding hydrogens is 513 g/mol. The van der Waals surface area contributed by atoms with Crippen molar-refractivity contribution in [2.75, 3.05) is 0 Å². The summed E-state index contributed by atoms with van der Waals surface area (Å²) in [4.78, 5) is 0. The van der Waals surface area contributed by atoms with Crippen LogP contribution >= 0.6 is 8.07 Å². The molecule has 3 aromatic carbocycles. The van der Waals surface area contributed by atoms with Crippen LogP contribution in [0.15, 0.2) is 104 Å². The van der Waals surface area contributed by atoms with Crippen LogP contribution in [0.2, 0.25) is 0 Å². The summed E-state index contributed by atoms with van der Waals surface area (Å²) in [6.07, 6.45) is 9.67. The van der Waals surface area contributed by atoms with Crippen molar-refractivity contribution in [3.8, 4) is 11.3 Å². The smallest absolute Gasteiger partial charge is 0.244 e. The van der Waals surface area contributed by atoms with Crippen molar-refractivity contribution >= 4 is 18.7 Å². The third-order valence-electron chi connectivity index (χ3n) is 6.88. The molecule has 5 heteroatoms. The fraction of sp³-hybridized carbons (Fsp3) is 0.300. The van der Waals surface area contributed by atoms with Gasteiger partial charge in [0, 0.05) is 13.6 Å². The van der Waals surface area contributed by atoms with E-state index in [4.69, 9.17) is 0 Å². The number of nitrogens with one attached hydrogen (secondary N) is 1. The van der Waals surface area contributed by atoms with Gasteiger partial charge in [0.25, 0.3) is 0 Å². The number of aromatic nitrogens is 2. The van der Waals surface area contributed by atoms with E-state index in [0.29, 0.717) is 18.1 Å². The van der Waals surface area contributed by atoms with Crippen molar-refractivity contribution in [2.45, 2.75) is 57.7 Å². The minimum atomic E-state index is -0.630. The van der Waals surface area contributed by atoms with Gasteiger partial charge in [0.05, 0.1) is 12.1 Å². The molecule has 1 N–H and O–H groups in total. The van der Waals surface area contributed by atoms with Crippen LogP contribution in [0, 0.1) is 0 Å². The standard InChI is InChI=1S/C30H35N3P.BrH/c1-24(2)32-22-30(25-14-6-3-7-15-25)33(23-32)29-21-13-12-20-28(29)31-34(26-16-8-4-9-17-26)27-18-10-5-11-19-27;/h3-11,14-19,22-24,28-29,31H,12-13,20-21H2,1-2H3;1H/q+1;/p-1/t28-,29-;/m1./s1. The van der Waals surface area contributed by atoms with E-state index in [-0.39, 0.29) is 17.0 Å². The monoisotopic (exact) mass is 547 g/mol. The molecule has 0 unspecified atom stereocenters. The molecular formula is C30H35BrN3P. The summed E-state index contributed by atoms with van der Waals surface area (Å²) in [7, 11) is -0.630. The van der Waals surface area contributed by atoms with Crippen LogP contribution in [-0.2, 0) is 0 Å². The zero-order chi connectivity index (χ0) is 23.3. The summed E-state index contributed by atoms with van der Waals surface area (Å²) in [6.45, 7) is 4.53. The van der Waals surface area contributed by atoms with E-state index in [2.05, 4.69) is 132 Å². The van der Waals surface area contributed by atoms with E-state index in [0.717, 1.165) is 0 Å². The molecule has 182 valence electrons. The second kappa shape index (κ2) is 12.1. The maximum atomic E-state index is 4.19. The van der Waals surface area contributed by atoms with Crippen LogP contribution in [0.1, 0.15) is 51.6 Å². The Morgan fingerprint density at radius 1 is 0.800 bits per heavy atom. The molecule has 0 radical (unpaired) electrons. The van der Waals surface area contributed by atoms with Crippen LogP contribution in [-0.4, -0.2) is 10.6 Å². The molecule has 2 atom stereocenters. The molecule has 0 saturated heterocycles. The normalized spacial score (nSPS) is 17.9. The summed E-state index contributed by atoms with van der Waals surface area (Å²) in [5.74, 6) is 0. The van der Waals surface area contributed by atoms with Gasteiger partial charge in [0.15, 0.2) is 5.69 Å². The van der Waals surface area contributed by atoms with Crippen molar-refractivity contribution in [3.05, 3.63) is 104 Å². The summed E-state index contributed by atoms with van der Waals surface area (Å²) in [6, 6.07) is 34.2. The van der Waals surface area contributed by atoms with Gasteiger partial charge in [-0.3, -0.25) is 5.09 Å². The van der Waals surface area contributed by atoms with E-state index in [9.17, 15) is 0 Å². The lowest BCUT2D eigenvalue weighted by molar-refractivity contribution is -0.715. The largest absolute Gasteiger partial charge is 1.00 e. The maximum absolute atomic E-state index is 4.19. The average molecular weight is 549 g/mol. The Hall–Kier alpha value is -2.26. The third kappa shape index (κ3) is 5.94. The molecule has 35 heavy (non-hydrogen) atoms. The van der Waals surface area contributed by atoms with Crippen LogP contribution in [0.5, 0.6) is 0 Å². The highest BCUT2D eigenvalue weighted by Gasteiger charge is 2.35. The number of nitrogens with zero attached hydrogens (tertiary/aromatic N) is 2. The van der Waals surface area contributed by atoms with Gasteiger partial charge in [0.2, 0.25) is 6.33 Å². The number of rotatable bonds is 7. The number of benzene rings is 3. The van der Waals surface area contributed by atoms with Gasteiger partial charge in [-0.25, -0.2) is 9.13 Å². The molecule has 1 aliphatic carbocycles. The molecule has 5 rings (SSSR count). The Morgan fingerprint density at radius 2 is 1.34 bits per heavy atom. The number of hydrogen-bond donors (Lipinski definition) is 1. The summed E-state index contributed by atoms with van der Waals surface area (Å²) >= 11 is 0. The molecule has 1 saturated carbocycles. The quantitative estimate of drug-likeness (QED) is 0.278. The zero-order valence-electron chi connectivity index (χ0n) is 20.6. The first-order valence-electron chi connectivity index (χ1n) is 12.5. The topological polar surface area (TPSA) is 20.8 Å². The van der Waals surface area contributed by atoms with Crippen molar-refractivity contribution in [1.82, 2.24) is 9.65 Å². The number of hydrogen-bond acceptors (Lipinski definition) is 1. The fourth-order valence-corrected chi connectivity index (χ4v) is 7.21. The van der Waals surface area contributed by atoms with Gasteiger partial charge < -0.3 is 17.0 Å². The molecule has 3 nitrogen and oxygen atoms in total. The van der Waals surface area contributed by atoms with Gasteiger partial charge in [-0.15, -0.1) is 0 Å². The molecule has 0 amide bonds. The Morgan fingerprint density at radius 3 is 1.91 bits per heavy atom. The van der Waals surface area contributed by atoms with Crippen molar-refractivity contribution in [3.63, 3.8) is 0 Å². The molecule has 1 heterocycles. The minimum absolute atomic E-state index is 0. The Balaban J connectivity index is 0.00000289. The minimum Gasteiger partial charge on any atom is -1.00 e. The molecule has 0 aliphatic heterocycles.